The lowest BCUT2D eigenvalue weighted by Crippen LogP contribution is -2.33. The van der Waals surface area contributed by atoms with Crippen LogP contribution >= 0.6 is 27.7 Å². The predicted octanol–water partition coefficient (Wildman–Crippen LogP) is 4.20. The molecule has 4 nitrogen and oxygen atoms in total. The van der Waals surface area contributed by atoms with Gasteiger partial charge in [0, 0.05) is 16.8 Å². The molecule has 1 amide bonds. The van der Waals surface area contributed by atoms with Gasteiger partial charge in [-0.1, -0.05) is 52.0 Å². The zero-order chi connectivity index (χ0) is 16.9. The molecule has 0 saturated carbocycles. The molecule has 0 N–H and O–H groups in total. The van der Waals surface area contributed by atoms with Crippen LogP contribution in [0.5, 0.6) is 5.75 Å². The van der Waals surface area contributed by atoms with E-state index in [2.05, 4.69) is 33.1 Å². The minimum atomic E-state index is -0.0630. The van der Waals surface area contributed by atoms with Crippen LogP contribution in [0.1, 0.15) is 15.9 Å². The molecule has 0 bridgehead atoms. The van der Waals surface area contributed by atoms with Crippen LogP contribution in [-0.4, -0.2) is 36.2 Å². The minimum absolute atomic E-state index is 0.0630. The van der Waals surface area contributed by atoms with Crippen LogP contribution in [0.2, 0.25) is 0 Å². The average molecular weight is 405 g/mol. The Morgan fingerprint density at radius 3 is 2.75 bits per heavy atom. The van der Waals surface area contributed by atoms with Gasteiger partial charge in [-0.25, -0.2) is 0 Å². The molecule has 0 radical (unpaired) electrons. The van der Waals surface area contributed by atoms with Gasteiger partial charge in [0.2, 0.25) is 0 Å². The van der Waals surface area contributed by atoms with Gasteiger partial charge in [0.15, 0.2) is 5.17 Å². The van der Waals surface area contributed by atoms with Gasteiger partial charge >= 0.3 is 0 Å². The van der Waals surface area contributed by atoms with Crippen molar-refractivity contribution in [3.63, 3.8) is 0 Å². The van der Waals surface area contributed by atoms with Crippen LogP contribution in [-0.2, 0) is 5.75 Å². The Balaban J connectivity index is 1.70. The van der Waals surface area contributed by atoms with Crippen molar-refractivity contribution in [3.8, 4) is 5.75 Å². The Hall–Kier alpha value is -1.79. The van der Waals surface area contributed by atoms with Crippen LogP contribution in [0.3, 0.4) is 0 Å². The summed E-state index contributed by atoms with van der Waals surface area (Å²) in [7, 11) is 1.58. The number of thioether (sulfide) groups is 1. The van der Waals surface area contributed by atoms with Crippen molar-refractivity contribution >= 4 is 38.8 Å². The summed E-state index contributed by atoms with van der Waals surface area (Å²) >= 11 is 5.02. The van der Waals surface area contributed by atoms with Crippen molar-refractivity contribution in [3.05, 3.63) is 64.1 Å². The van der Waals surface area contributed by atoms with E-state index in [1.54, 1.807) is 35.9 Å². The molecule has 2 aromatic carbocycles. The van der Waals surface area contributed by atoms with Crippen LogP contribution in [0, 0.1) is 0 Å². The quantitative estimate of drug-likeness (QED) is 0.766. The summed E-state index contributed by atoms with van der Waals surface area (Å²) in [6.07, 6.45) is 0. The maximum atomic E-state index is 12.8. The number of halogens is 1. The number of nitrogens with zero attached hydrogens (tertiary/aromatic N) is 2. The minimum Gasteiger partial charge on any atom is -0.496 e. The molecule has 6 heteroatoms. The molecule has 0 aliphatic carbocycles. The second kappa shape index (κ2) is 7.85. The molecule has 124 valence electrons. The van der Waals surface area contributed by atoms with E-state index in [-0.39, 0.29) is 5.91 Å². The Kier molecular flexibility index (Phi) is 5.58. The van der Waals surface area contributed by atoms with Gasteiger partial charge < -0.3 is 4.74 Å². The lowest BCUT2D eigenvalue weighted by molar-refractivity contribution is 0.0857. The number of amidine groups is 1. The van der Waals surface area contributed by atoms with Gasteiger partial charge in [0.25, 0.3) is 5.91 Å². The summed E-state index contributed by atoms with van der Waals surface area (Å²) in [5.74, 6) is 1.31. The number of methoxy groups -OCH3 is 1. The lowest BCUT2D eigenvalue weighted by Gasteiger charge is -2.19. The lowest BCUT2D eigenvalue weighted by atomic mass is 10.2. The topological polar surface area (TPSA) is 41.9 Å². The summed E-state index contributed by atoms with van der Waals surface area (Å²) < 4.78 is 6.36. The molecule has 0 saturated heterocycles. The SMILES string of the molecule is COc1ccccc1C(=O)N1CCN=C1SCc1ccc(Br)cc1. The fourth-order valence-corrected chi connectivity index (χ4v) is 3.70. The fourth-order valence-electron chi connectivity index (χ4n) is 2.43. The molecule has 0 aromatic heterocycles. The Bertz CT molecular complexity index is 762. The van der Waals surface area contributed by atoms with Gasteiger partial charge in [-0.15, -0.1) is 0 Å². The van der Waals surface area contributed by atoms with E-state index in [1.165, 1.54) is 5.56 Å². The van der Waals surface area contributed by atoms with E-state index in [1.807, 2.05) is 24.3 Å². The number of hydrogen-bond donors (Lipinski definition) is 0. The molecule has 0 atom stereocenters. The third-order valence-electron chi connectivity index (χ3n) is 3.67. The van der Waals surface area contributed by atoms with E-state index >= 15 is 0 Å². The van der Waals surface area contributed by atoms with Crippen LogP contribution in [0.4, 0.5) is 0 Å². The highest BCUT2D eigenvalue weighted by molar-refractivity contribution is 9.10. The van der Waals surface area contributed by atoms with Crippen LogP contribution in [0.25, 0.3) is 0 Å². The maximum absolute atomic E-state index is 12.8. The van der Waals surface area contributed by atoms with Crippen molar-refractivity contribution < 1.29 is 9.53 Å². The van der Waals surface area contributed by atoms with E-state index < -0.39 is 0 Å². The normalized spacial score (nSPS) is 13.8. The van der Waals surface area contributed by atoms with Gasteiger partial charge in [0.05, 0.1) is 19.2 Å². The number of para-hydroxylation sites is 1. The first kappa shape index (κ1) is 17.0. The van der Waals surface area contributed by atoms with Crippen LogP contribution in [0.15, 0.2) is 58.0 Å². The van der Waals surface area contributed by atoms with Crippen molar-refractivity contribution in [1.29, 1.82) is 0 Å². The average Bonchev–Trinajstić information content (AvgIpc) is 3.09. The number of hydrogen-bond acceptors (Lipinski definition) is 4. The van der Waals surface area contributed by atoms with Crippen LogP contribution < -0.4 is 4.74 Å². The standard InChI is InChI=1S/C18H17BrN2O2S/c1-23-16-5-3-2-4-15(16)17(22)21-11-10-20-18(21)24-12-13-6-8-14(19)9-7-13/h2-9H,10-12H2,1H3. The first-order valence-electron chi connectivity index (χ1n) is 7.55. The van der Waals surface area contributed by atoms with E-state index in [9.17, 15) is 4.79 Å². The fraction of sp³-hybridized carbons (Fsp3) is 0.222. The number of amides is 1. The van der Waals surface area contributed by atoms with Gasteiger partial charge in [-0.3, -0.25) is 14.7 Å². The molecule has 0 unspecified atom stereocenters. The zero-order valence-corrected chi connectivity index (χ0v) is 15.6. The summed E-state index contributed by atoms with van der Waals surface area (Å²) in [4.78, 5) is 19.1. The molecule has 3 rings (SSSR count). The number of carbonyl (C=O) groups is 1. The Labute approximate surface area is 154 Å². The van der Waals surface area contributed by atoms with Gasteiger partial charge in [-0.05, 0) is 29.8 Å². The maximum Gasteiger partial charge on any atom is 0.263 e. The molecule has 0 spiro atoms. The largest absolute Gasteiger partial charge is 0.496 e. The number of rotatable bonds is 4. The Morgan fingerprint density at radius 2 is 2.00 bits per heavy atom. The highest BCUT2D eigenvalue weighted by Gasteiger charge is 2.26. The second-order valence-electron chi connectivity index (χ2n) is 5.24. The van der Waals surface area contributed by atoms with Crippen molar-refractivity contribution in [1.82, 2.24) is 4.90 Å². The zero-order valence-electron chi connectivity index (χ0n) is 13.2. The summed E-state index contributed by atoms with van der Waals surface area (Å²) in [6.45, 7) is 1.25. The highest BCUT2D eigenvalue weighted by Crippen LogP contribution is 2.25. The highest BCUT2D eigenvalue weighted by atomic mass is 79.9. The number of carbonyl (C=O) groups excluding carboxylic acids is 1. The smallest absolute Gasteiger partial charge is 0.263 e. The van der Waals surface area contributed by atoms with Crippen molar-refractivity contribution in [2.24, 2.45) is 4.99 Å². The molecule has 0 fully saturated rings. The monoisotopic (exact) mass is 404 g/mol. The number of benzene rings is 2. The van der Waals surface area contributed by atoms with Gasteiger partial charge in [-0.2, -0.15) is 0 Å². The molecular weight excluding hydrogens is 388 g/mol. The first-order chi connectivity index (χ1) is 11.7. The third kappa shape index (κ3) is 3.82. The number of ether oxygens (including phenoxy) is 1. The molecule has 24 heavy (non-hydrogen) atoms. The summed E-state index contributed by atoms with van der Waals surface area (Å²) in [6, 6.07) is 15.5. The van der Waals surface area contributed by atoms with Crippen molar-refractivity contribution in [2.75, 3.05) is 20.2 Å². The first-order valence-corrected chi connectivity index (χ1v) is 9.33. The Morgan fingerprint density at radius 1 is 1.25 bits per heavy atom. The van der Waals surface area contributed by atoms with E-state index in [0.29, 0.717) is 24.4 Å². The van der Waals surface area contributed by atoms with Gasteiger partial charge in [0.1, 0.15) is 5.75 Å². The predicted molar refractivity (Wildman–Crippen MR) is 102 cm³/mol. The van der Waals surface area contributed by atoms with E-state index in [0.717, 1.165) is 15.4 Å². The third-order valence-corrected chi connectivity index (χ3v) is 5.28. The van der Waals surface area contributed by atoms with Crippen molar-refractivity contribution in [2.45, 2.75) is 5.75 Å². The van der Waals surface area contributed by atoms with E-state index in [4.69, 9.17) is 4.74 Å². The molecule has 1 aliphatic heterocycles. The molecular formula is C18H17BrN2O2S. The summed E-state index contributed by atoms with van der Waals surface area (Å²) in [5.41, 5.74) is 1.77. The molecule has 1 heterocycles. The molecule has 1 aliphatic rings. The molecule has 2 aromatic rings. The summed E-state index contributed by atoms with van der Waals surface area (Å²) in [5, 5.41) is 0.772. The number of aliphatic imine (C=N–C) groups is 1. The second-order valence-corrected chi connectivity index (χ2v) is 7.09.